The number of hydrogen-bond donors (Lipinski definition) is 1. The first-order chi connectivity index (χ1) is 7.84. The van der Waals surface area contributed by atoms with Gasteiger partial charge in [-0.1, -0.05) is 58.9 Å². The van der Waals surface area contributed by atoms with E-state index in [9.17, 15) is 0 Å². The van der Waals surface area contributed by atoms with Gasteiger partial charge in [0.1, 0.15) is 0 Å². The van der Waals surface area contributed by atoms with Gasteiger partial charge in [0.15, 0.2) is 0 Å². The minimum Gasteiger partial charge on any atom is -0.324 e. The average molecular weight is 233 g/mol. The smallest absolute Gasteiger partial charge is 0.0297 e. The van der Waals surface area contributed by atoms with E-state index >= 15 is 0 Å². The summed E-state index contributed by atoms with van der Waals surface area (Å²) in [5.41, 5.74) is 9.30. The Morgan fingerprint density at radius 1 is 1.24 bits per heavy atom. The van der Waals surface area contributed by atoms with Crippen LogP contribution in [0, 0.1) is 11.3 Å². The van der Waals surface area contributed by atoms with Gasteiger partial charge in [0.2, 0.25) is 0 Å². The first-order valence-corrected chi connectivity index (χ1v) is 6.69. The highest BCUT2D eigenvalue weighted by molar-refractivity contribution is 5.25. The largest absolute Gasteiger partial charge is 0.324 e. The Balaban J connectivity index is 2.72. The van der Waals surface area contributed by atoms with E-state index in [1.165, 1.54) is 11.1 Å². The molecule has 1 aromatic rings. The molecule has 0 spiro atoms. The van der Waals surface area contributed by atoms with Crippen LogP contribution in [0.25, 0.3) is 0 Å². The summed E-state index contributed by atoms with van der Waals surface area (Å²) in [4.78, 5) is 0. The number of benzene rings is 1. The molecule has 2 N–H and O–H groups in total. The molecule has 1 heteroatoms. The zero-order chi connectivity index (χ0) is 13.1. The molecule has 0 aliphatic rings. The molecule has 0 fully saturated rings. The highest BCUT2D eigenvalue weighted by Gasteiger charge is 2.22. The average Bonchev–Trinajstić information content (AvgIpc) is 2.27. The molecule has 2 atom stereocenters. The summed E-state index contributed by atoms with van der Waals surface area (Å²) < 4.78 is 0. The molecular formula is C16H27N. The highest BCUT2D eigenvalue weighted by Crippen LogP contribution is 2.32. The van der Waals surface area contributed by atoms with Crippen molar-refractivity contribution in [2.24, 2.45) is 17.1 Å². The third kappa shape index (κ3) is 4.16. The lowest BCUT2D eigenvalue weighted by molar-refractivity contribution is 0.234. The molecule has 2 unspecified atom stereocenters. The number of aryl methyl sites for hydroxylation is 1. The Hall–Kier alpha value is -0.820. The van der Waals surface area contributed by atoms with E-state index in [-0.39, 0.29) is 6.04 Å². The van der Waals surface area contributed by atoms with Crippen LogP contribution in [-0.4, -0.2) is 0 Å². The molecule has 0 heterocycles. The zero-order valence-electron chi connectivity index (χ0n) is 12.0. The van der Waals surface area contributed by atoms with Gasteiger partial charge in [-0.25, -0.2) is 0 Å². The Morgan fingerprint density at radius 2 is 1.88 bits per heavy atom. The third-order valence-corrected chi connectivity index (χ3v) is 3.87. The second kappa shape index (κ2) is 5.68. The predicted octanol–water partition coefficient (Wildman–Crippen LogP) is 4.32. The standard InChI is InChI=1S/C16H27N/c1-6-13-8-7-9-14(11-13)15(17)10-12(2)16(3,4)5/h7-9,11-12,15H,6,10,17H2,1-5H3. The third-order valence-electron chi connectivity index (χ3n) is 3.87. The Bertz CT molecular complexity index is 349. The van der Waals surface area contributed by atoms with Crippen LogP contribution in [-0.2, 0) is 6.42 Å². The van der Waals surface area contributed by atoms with Crippen LogP contribution >= 0.6 is 0 Å². The minimum absolute atomic E-state index is 0.163. The Labute approximate surface area is 106 Å². The Morgan fingerprint density at radius 3 is 2.41 bits per heavy atom. The maximum Gasteiger partial charge on any atom is 0.0297 e. The summed E-state index contributed by atoms with van der Waals surface area (Å²) in [5, 5.41) is 0. The first kappa shape index (κ1) is 14.2. The summed E-state index contributed by atoms with van der Waals surface area (Å²) in [7, 11) is 0. The molecule has 1 aromatic carbocycles. The molecule has 0 saturated carbocycles. The van der Waals surface area contributed by atoms with Crippen LogP contribution in [0.1, 0.15) is 58.2 Å². The molecule has 0 amide bonds. The van der Waals surface area contributed by atoms with Crippen molar-refractivity contribution in [1.29, 1.82) is 0 Å². The van der Waals surface area contributed by atoms with Crippen LogP contribution in [0.4, 0.5) is 0 Å². The van der Waals surface area contributed by atoms with E-state index in [2.05, 4.69) is 58.9 Å². The predicted molar refractivity (Wildman–Crippen MR) is 76.0 cm³/mol. The normalized spacial score (nSPS) is 15.6. The molecule has 0 aliphatic heterocycles. The summed E-state index contributed by atoms with van der Waals surface area (Å²) in [6, 6.07) is 8.86. The van der Waals surface area contributed by atoms with E-state index in [1.807, 2.05) is 0 Å². The number of rotatable bonds is 4. The maximum atomic E-state index is 6.32. The van der Waals surface area contributed by atoms with Gasteiger partial charge in [-0.05, 0) is 35.3 Å². The minimum atomic E-state index is 0.163. The lowest BCUT2D eigenvalue weighted by atomic mass is 9.77. The summed E-state index contributed by atoms with van der Waals surface area (Å²) >= 11 is 0. The highest BCUT2D eigenvalue weighted by atomic mass is 14.6. The van der Waals surface area contributed by atoms with E-state index in [0.717, 1.165) is 12.8 Å². The Kier molecular flexibility index (Phi) is 4.76. The van der Waals surface area contributed by atoms with Crippen molar-refractivity contribution in [3.63, 3.8) is 0 Å². The number of nitrogens with two attached hydrogens (primary N) is 1. The van der Waals surface area contributed by atoms with Crippen molar-refractivity contribution in [3.8, 4) is 0 Å². The number of hydrogen-bond acceptors (Lipinski definition) is 1. The lowest BCUT2D eigenvalue weighted by Crippen LogP contribution is -2.23. The van der Waals surface area contributed by atoms with Crippen LogP contribution in [0.2, 0.25) is 0 Å². The quantitative estimate of drug-likeness (QED) is 0.823. The molecule has 0 aliphatic carbocycles. The SMILES string of the molecule is CCc1cccc(C(N)CC(C)C(C)(C)C)c1. The van der Waals surface area contributed by atoms with Gasteiger partial charge in [-0.3, -0.25) is 0 Å². The van der Waals surface area contributed by atoms with Gasteiger partial charge >= 0.3 is 0 Å². The van der Waals surface area contributed by atoms with Crippen LogP contribution in [0.3, 0.4) is 0 Å². The van der Waals surface area contributed by atoms with Gasteiger partial charge in [0, 0.05) is 6.04 Å². The molecule has 96 valence electrons. The van der Waals surface area contributed by atoms with Crippen molar-refractivity contribution in [2.75, 3.05) is 0 Å². The maximum absolute atomic E-state index is 6.32. The van der Waals surface area contributed by atoms with Crippen LogP contribution in [0.5, 0.6) is 0 Å². The van der Waals surface area contributed by atoms with E-state index < -0.39 is 0 Å². The van der Waals surface area contributed by atoms with Gasteiger partial charge in [0.05, 0.1) is 0 Å². The van der Waals surface area contributed by atoms with E-state index in [4.69, 9.17) is 5.73 Å². The second-order valence-corrected chi connectivity index (χ2v) is 6.21. The van der Waals surface area contributed by atoms with Gasteiger partial charge in [0.25, 0.3) is 0 Å². The molecule has 1 rings (SSSR count). The van der Waals surface area contributed by atoms with Crippen molar-refractivity contribution < 1.29 is 0 Å². The van der Waals surface area contributed by atoms with E-state index in [1.54, 1.807) is 0 Å². The zero-order valence-corrected chi connectivity index (χ0v) is 12.0. The second-order valence-electron chi connectivity index (χ2n) is 6.21. The van der Waals surface area contributed by atoms with Gasteiger partial charge < -0.3 is 5.73 Å². The van der Waals surface area contributed by atoms with Crippen LogP contribution < -0.4 is 5.73 Å². The molecular weight excluding hydrogens is 206 g/mol. The van der Waals surface area contributed by atoms with Crippen LogP contribution in [0.15, 0.2) is 24.3 Å². The fraction of sp³-hybridized carbons (Fsp3) is 0.625. The van der Waals surface area contributed by atoms with E-state index in [0.29, 0.717) is 11.3 Å². The molecule has 0 saturated heterocycles. The summed E-state index contributed by atoms with van der Waals surface area (Å²) in [6.07, 6.45) is 2.13. The molecule has 17 heavy (non-hydrogen) atoms. The van der Waals surface area contributed by atoms with Crippen molar-refractivity contribution in [2.45, 2.75) is 53.5 Å². The fourth-order valence-electron chi connectivity index (χ4n) is 1.91. The first-order valence-electron chi connectivity index (χ1n) is 6.69. The topological polar surface area (TPSA) is 26.0 Å². The molecule has 0 radical (unpaired) electrons. The fourth-order valence-corrected chi connectivity index (χ4v) is 1.91. The molecule has 0 aromatic heterocycles. The molecule has 0 bridgehead atoms. The monoisotopic (exact) mass is 233 g/mol. The van der Waals surface area contributed by atoms with Crippen molar-refractivity contribution in [1.82, 2.24) is 0 Å². The van der Waals surface area contributed by atoms with Gasteiger partial charge in [-0.15, -0.1) is 0 Å². The summed E-state index contributed by atoms with van der Waals surface area (Å²) in [6.45, 7) is 11.3. The van der Waals surface area contributed by atoms with Gasteiger partial charge in [-0.2, -0.15) is 0 Å². The lowest BCUT2D eigenvalue weighted by Gasteiger charge is -2.29. The molecule has 1 nitrogen and oxygen atoms in total. The summed E-state index contributed by atoms with van der Waals surface area (Å²) in [5.74, 6) is 0.628. The van der Waals surface area contributed by atoms with Crippen molar-refractivity contribution >= 4 is 0 Å². The van der Waals surface area contributed by atoms with Crippen molar-refractivity contribution in [3.05, 3.63) is 35.4 Å².